The van der Waals surface area contributed by atoms with Gasteiger partial charge in [0, 0.05) is 6.42 Å². The van der Waals surface area contributed by atoms with Gasteiger partial charge in [0.2, 0.25) is 0 Å². The minimum Gasteiger partial charge on any atom is -0.383 e. The van der Waals surface area contributed by atoms with Crippen LogP contribution in [0.5, 0.6) is 0 Å². The molecule has 0 aliphatic rings. The monoisotopic (exact) mass is 193 g/mol. The third-order valence-electron chi connectivity index (χ3n) is 1.87. The van der Waals surface area contributed by atoms with Crippen LogP contribution in [0, 0.1) is 0 Å². The first-order valence-electron chi connectivity index (χ1n) is 4.31. The minimum absolute atomic E-state index is 0.606. The van der Waals surface area contributed by atoms with Crippen molar-refractivity contribution < 1.29 is 0 Å². The van der Waals surface area contributed by atoms with Gasteiger partial charge in [0.25, 0.3) is 0 Å². The minimum atomic E-state index is 0.606. The molecule has 4 heteroatoms. The SMILES string of the molecule is CCCc1nc(N)c2ccsc2n1. The Balaban J connectivity index is 2.56. The molecule has 68 valence electrons. The maximum atomic E-state index is 5.79. The summed E-state index contributed by atoms with van der Waals surface area (Å²) in [5.74, 6) is 1.46. The van der Waals surface area contributed by atoms with Crippen LogP contribution in [0.25, 0.3) is 10.2 Å². The molecule has 0 radical (unpaired) electrons. The van der Waals surface area contributed by atoms with E-state index in [1.807, 2.05) is 11.4 Å². The van der Waals surface area contributed by atoms with Crippen LogP contribution >= 0.6 is 11.3 Å². The van der Waals surface area contributed by atoms with Crippen molar-refractivity contribution in [1.29, 1.82) is 0 Å². The van der Waals surface area contributed by atoms with Gasteiger partial charge in [0.15, 0.2) is 0 Å². The number of anilines is 1. The number of nitrogen functional groups attached to an aromatic ring is 1. The summed E-state index contributed by atoms with van der Waals surface area (Å²) in [7, 11) is 0. The van der Waals surface area contributed by atoms with E-state index in [4.69, 9.17) is 5.73 Å². The van der Waals surface area contributed by atoms with Gasteiger partial charge in [-0.05, 0) is 17.9 Å². The topological polar surface area (TPSA) is 51.8 Å². The summed E-state index contributed by atoms with van der Waals surface area (Å²) in [6, 6.07) is 1.96. The van der Waals surface area contributed by atoms with Crippen LogP contribution in [0.15, 0.2) is 11.4 Å². The molecule has 0 aliphatic heterocycles. The molecule has 2 rings (SSSR count). The van der Waals surface area contributed by atoms with E-state index in [0.29, 0.717) is 5.82 Å². The number of nitrogens with two attached hydrogens (primary N) is 1. The summed E-state index contributed by atoms with van der Waals surface area (Å²) in [4.78, 5) is 9.65. The highest BCUT2D eigenvalue weighted by Crippen LogP contribution is 2.22. The standard InChI is InChI=1S/C9H11N3S/c1-2-3-7-11-8(10)6-4-5-13-9(6)12-7/h4-5H,2-3H2,1H3,(H2,10,11,12). The molecule has 2 N–H and O–H groups in total. The van der Waals surface area contributed by atoms with E-state index in [1.165, 1.54) is 0 Å². The van der Waals surface area contributed by atoms with Crippen LogP contribution in [0.1, 0.15) is 19.2 Å². The smallest absolute Gasteiger partial charge is 0.135 e. The highest BCUT2D eigenvalue weighted by molar-refractivity contribution is 7.16. The van der Waals surface area contributed by atoms with Crippen molar-refractivity contribution in [1.82, 2.24) is 9.97 Å². The Bertz CT molecular complexity index is 422. The van der Waals surface area contributed by atoms with Crippen LogP contribution in [-0.2, 0) is 6.42 Å². The van der Waals surface area contributed by atoms with Crippen LogP contribution < -0.4 is 5.73 Å². The van der Waals surface area contributed by atoms with E-state index in [1.54, 1.807) is 11.3 Å². The molecule has 0 saturated heterocycles. The van der Waals surface area contributed by atoms with E-state index in [0.717, 1.165) is 28.9 Å². The first-order chi connectivity index (χ1) is 6.31. The first-order valence-corrected chi connectivity index (χ1v) is 5.19. The van der Waals surface area contributed by atoms with Crippen molar-refractivity contribution in [3.63, 3.8) is 0 Å². The Kier molecular flexibility index (Phi) is 2.14. The van der Waals surface area contributed by atoms with Gasteiger partial charge in [-0.15, -0.1) is 11.3 Å². The summed E-state index contributed by atoms with van der Waals surface area (Å²) < 4.78 is 0. The third-order valence-corrected chi connectivity index (χ3v) is 2.68. The summed E-state index contributed by atoms with van der Waals surface area (Å²) in [6.07, 6.45) is 1.95. The fourth-order valence-corrected chi connectivity index (χ4v) is 2.05. The molecule has 2 aromatic rings. The van der Waals surface area contributed by atoms with Gasteiger partial charge in [-0.3, -0.25) is 0 Å². The van der Waals surface area contributed by atoms with Gasteiger partial charge in [-0.25, -0.2) is 9.97 Å². The van der Waals surface area contributed by atoms with E-state index in [-0.39, 0.29) is 0 Å². The Labute approximate surface area is 80.6 Å². The van der Waals surface area contributed by atoms with Gasteiger partial charge in [0.1, 0.15) is 16.5 Å². The number of aryl methyl sites for hydroxylation is 1. The Morgan fingerprint density at radius 3 is 3.08 bits per heavy atom. The predicted molar refractivity (Wildman–Crippen MR) is 55.8 cm³/mol. The Morgan fingerprint density at radius 2 is 2.31 bits per heavy atom. The van der Waals surface area contributed by atoms with Crippen molar-refractivity contribution >= 4 is 27.4 Å². The second-order valence-corrected chi connectivity index (χ2v) is 3.81. The molecule has 0 saturated carbocycles. The largest absolute Gasteiger partial charge is 0.383 e. The molecule has 2 heterocycles. The van der Waals surface area contributed by atoms with Crippen LogP contribution in [0.2, 0.25) is 0 Å². The van der Waals surface area contributed by atoms with Crippen molar-refractivity contribution in [2.24, 2.45) is 0 Å². The second-order valence-electron chi connectivity index (χ2n) is 2.91. The lowest BCUT2D eigenvalue weighted by atomic mass is 10.3. The number of aromatic nitrogens is 2. The maximum Gasteiger partial charge on any atom is 0.135 e. The van der Waals surface area contributed by atoms with Gasteiger partial charge < -0.3 is 5.73 Å². The molecule has 0 aliphatic carbocycles. The molecule has 0 amide bonds. The maximum absolute atomic E-state index is 5.79. The number of hydrogen-bond donors (Lipinski definition) is 1. The number of fused-ring (bicyclic) bond motifs is 1. The molecule has 0 atom stereocenters. The van der Waals surface area contributed by atoms with Crippen molar-refractivity contribution in [2.75, 3.05) is 5.73 Å². The van der Waals surface area contributed by atoms with Crippen molar-refractivity contribution in [3.05, 3.63) is 17.3 Å². The van der Waals surface area contributed by atoms with Gasteiger partial charge in [-0.2, -0.15) is 0 Å². The summed E-state index contributed by atoms with van der Waals surface area (Å²) in [6.45, 7) is 2.11. The van der Waals surface area contributed by atoms with Crippen molar-refractivity contribution in [3.8, 4) is 0 Å². The number of rotatable bonds is 2. The normalized spacial score (nSPS) is 10.8. The molecule has 3 nitrogen and oxygen atoms in total. The summed E-state index contributed by atoms with van der Waals surface area (Å²) in [5.41, 5.74) is 5.79. The lowest BCUT2D eigenvalue weighted by Gasteiger charge is -1.99. The van der Waals surface area contributed by atoms with Crippen LogP contribution in [0.3, 0.4) is 0 Å². The lowest BCUT2D eigenvalue weighted by molar-refractivity contribution is 0.848. The highest BCUT2D eigenvalue weighted by Gasteiger charge is 2.04. The van der Waals surface area contributed by atoms with E-state index in [2.05, 4.69) is 16.9 Å². The zero-order valence-corrected chi connectivity index (χ0v) is 8.27. The molecular formula is C9H11N3S. The average molecular weight is 193 g/mol. The molecule has 13 heavy (non-hydrogen) atoms. The fourth-order valence-electron chi connectivity index (χ4n) is 1.26. The molecule has 0 fully saturated rings. The van der Waals surface area contributed by atoms with E-state index in [9.17, 15) is 0 Å². The lowest BCUT2D eigenvalue weighted by Crippen LogP contribution is -1.98. The number of nitrogens with zero attached hydrogens (tertiary/aromatic N) is 2. The number of hydrogen-bond acceptors (Lipinski definition) is 4. The molecule has 2 aromatic heterocycles. The Hall–Kier alpha value is -1.16. The molecule has 0 aromatic carbocycles. The Morgan fingerprint density at radius 1 is 1.46 bits per heavy atom. The zero-order valence-electron chi connectivity index (χ0n) is 7.45. The molecular weight excluding hydrogens is 182 g/mol. The summed E-state index contributed by atoms with van der Waals surface area (Å²) >= 11 is 1.61. The predicted octanol–water partition coefficient (Wildman–Crippen LogP) is 2.23. The highest BCUT2D eigenvalue weighted by atomic mass is 32.1. The van der Waals surface area contributed by atoms with Crippen molar-refractivity contribution in [2.45, 2.75) is 19.8 Å². The molecule has 0 unspecified atom stereocenters. The molecule has 0 spiro atoms. The van der Waals surface area contributed by atoms with Gasteiger partial charge in [0.05, 0.1) is 5.39 Å². The van der Waals surface area contributed by atoms with Crippen LogP contribution in [-0.4, -0.2) is 9.97 Å². The first kappa shape index (κ1) is 8.44. The zero-order chi connectivity index (χ0) is 9.26. The van der Waals surface area contributed by atoms with Gasteiger partial charge >= 0.3 is 0 Å². The molecule has 0 bridgehead atoms. The van der Waals surface area contributed by atoms with E-state index < -0.39 is 0 Å². The fraction of sp³-hybridized carbons (Fsp3) is 0.333. The second kappa shape index (κ2) is 3.30. The van der Waals surface area contributed by atoms with Gasteiger partial charge in [-0.1, -0.05) is 6.92 Å². The number of thiophene rings is 1. The van der Waals surface area contributed by atoms with Crippen LogP contribution in [0.4, 0.5) is 5.82 Å². The van der Waals surface area contributed by atoms with E-state index >= 15 is 0 Å². The quantitative estimate of drug-likeness (QED) is 0.795. The summed E-state index contributed by atoms with van der Waals surface area (Å²) in [5, 5.41) is 2.97. The average Bonchev–Trinajstić information content (AvgIpc) is 2.53. The third kappa shape index (κ3) is 1.49.